The Hall–Kier alpha value is -2.38. The third-order valence-corrected chi connectivity index (χ3v) is 7.39. The Balaban J connectivity index is 1.72. The Bertz CT molecular complexity index is 1030. The standard InChI is InChI=1S/C26H33FN4OS/c1-3-9-18(15-17-32-4-2)25-31-23(20-12-7-8-13-21(20)27)24(33-25)22-14-16-28-26(30-22)29-19-10-5-6-11-19/h7-8,12-14,16,18-19H,3-6,9-11,15,17H2,1-2H3,(H,28,29,30). The number of thiazole rings is 1. The maximum Gasteiger partial charge on any atom is 0.223 e. The lowest BCUT2D eigenvalue weighted by atomic mass is 10.0. The van der Waals surface area contributed by atoms with Crippen molar-refractivity contribution in [1.29, 1.82) is 0 Å². The number of hydrogen-bond acceptors (Lipinski definition) is 6. The van der Waals surface area contributed by atoms with E-state index in [1.54, 1.807) is 29.7 Å². The van der Waals surface area contributed by atoms with Crippen LogP contribution in [0.4, 0.5) is 10.3 Å². The lowest BCUT2D eigenvalue weighted by Crippen LogP contribution is -2.16. The zero-order valence-corrected chi connectivity index (χ0v) is 20.3. The molecule has 0 bridgehead atoms. The second-order valence-corrected chi connectivity index (χ2v) is 9.60. The number of halogens is 1. The molecule has 2 heterocycles. The second-order valence-electron chi connectivity index (χ2n) is 8.57. The number of aromatic nitrogens is 3. The molecule has 7 heteroatoms. The highest BCUT2D eigenvalue weighted by atomic mass is 32.1. The smallest absolute Gasteiger partial charge is 0.223 e. The van der Waals surface area contributed by atoms with Crippen LogP contribution < -0.4 is 5.32 Å². The van der Waals surface area contributed by atoms with Gasteiger partial charge in [0.25, 0.3) is 0 Å². The first kappa shape index (κ1) is 23.8. The molecule has 0 radical (unpaired) electrons. The first-order chi connectivity index (χ1) is 16.2. The van der Waals surface area contributed by atoms with E-state index < -0.39 is 0 Å². The fourth-order valence-corrected chi connectivity index (χ4v) is 5.66. The fourth-order valence-electron chi connectivity index (χ4n) is 4.44. The Labute approximate surface area is 199 Å². The number of ether oxygens (including phenoxy) is 1. The van der Waals surface area contributed by atoms with Crippen molar-refractivity contribution in [1.82, 2.24) is 15.0 Å². The molecule has 1 N–H and O–H groups in total. The van der Waals surface area contributed by atoms with Crippen LogP contribution in [0.2, 0.25) is 0 Å². The molecule has 0 spiro atoms. The molecule has 1 aliphatic rings. The third-order valence-electron chi connectivity index (χ3n) is 6.15. The number of rotatable bonds is 11. The van der Waals surface area contributed by atoms with Gasteiger partial charge in [-0.25, -0.2) is 19.3 Å². The van der Waals surface area contributed by atoms with Crippen molar-refractivity contribution >= 4 is 17.3 Å². The maximum absolute atomic E-state index is 14.8. The predicted octanol–water partition coefficient (Wildman–Crippen LogP) is 7.07. The summed E-state index contributed by atoms with van der Waals surface area (Å²) < 4.78 is 20.5. The van der Waals surface area contributed by atoms with Crippen molar-refractivity contribution in [2.75, 3.05) is 18.5 Å². The van der Waals surface area contributed by atoms with Gasteiger partial charge in [-0.05, 0) is 50.8 Å². The van der Waals surface area contributed by atoms with Crippen LogP contribution in [0, 0.1) is 5.82 Å². The first-order valence-electron chi connectivity index (χ1n) is 12.1. The van der Waals surface area contributed by atoms with Gasteiger partial charge in [0.15, 0.2) is 0 Å². The molecule has 0 aliphatic heterocycles. The summed E-state index contributed by atoms with van der Waals surface area (Å²) in [5.41, 5.74) is 1.96. The van der Waals surface area contributed by atoms with Crippen LogP contribution in [0.3, 0.4) is 0 Å². The first-order valence-corrected chi connectivity index (χ1v) is 12.9. The summed E-state index contributed by atoms with van der Waals surface area (Å²) >= 11 is 1.62. The van der Waals surface area contributed by atoms with Gasteiger partial charge in [-0.3, -0.25) is 0 Å². The lowest BCUT2D eigenvalue weighted by Gasteiger charge is -2.13. The summed E-state index contributed by atoms with van der Waals surface area (Å²) in [6.45, 7) is 5.61. The molecule has 1 saturated carbocycles. The summed E-state index contributed by atoms with van der Waals surface area (Å²) in [6.07, 6.45) is 9.56. The summed E-state index contributed by atoms with van der Waals surface area (Å²) in [4.78, 5) is 15.1. The van der Waals surface area contributed by atoms with Crippen molar-refractivity contribution < 1.29 is 9.13 Å². The van der Waals surface area contributed by atoms with Gasteiger partial charge in [0.2, 0.25) is 5.95 Å². The van der Waals surface area contributed by atoms with Gasteiger partial charge in [-0.1, -0.05) is 38.3 Å². The van der Waals surface area contributed by atoms with Gasteiger partial charge in [-0.2, -0.15) is 0 Å². The van der Waals surface area contributed by atoms with E-state index in [2.05, 4.69) is 17.2 Å². The van der Waals surface area contributed by atoms with Gasteiger partial charge in [0, 0.05) is 36.9 Å². The zero-order chi connectivity index (χ0) is 23.0. The van der Waals surface area contributed by atoms with Crippen LogP contribution in [0.15, 0.2) is 36.5 Å². The van der Waals surface area contributed by atoms with Gasteiger partial charge in [0.05, 0.1) is 21.3 Å². The van der Waals surface area contributed by atoms with E-state index in [9.17, 15) is 4.39 Å². The Kier molecular flexibility index (Phi) is 8.40. The average Bonchev–Trinajstić information content (AvgIpc) is 3.49. The van der Waals surface area contributed by atoms with Crippen LogP contribution in [-0.4, -0.2) is 34.2 Å². The number of hydrogen-bond donors (Lipinski definition) is 1. The van der Waals surface area contributed by atoms with Crippen molar-refractivity contribution in [2.24, 2.45) is 0 Å². The summed E-state index contributed by atoms with van der Waals surface area (Å²) in [5, 5.41) is 4.50. The molecular formula is C26H33FN4OS. The van der Waals surface area contributed by atoms with Crippen molar-refractivity contribution in [3.63, 3.8) is 0 Å². The summed E-state index contributed by atoms with van der Waals surface area (Å²) in [7, 11) is 0. The normalized spacial score (nSPS) is 15.1. The van der Waals surface area contributed by atoms with E-state index in [0.717, 1.165) is 47.7 Å². The van der Waals surface area contributed by atoms with E-state index in [1.807, 2.05) is 19.1 Å². The molecule has 3 aromatic rings. The Morgan fingerprint density at radius 3 is 2.70 bits per heavy atom. The summed E-state index contributed by atoms with van der Waals surface area (Å²) in [5.74, 6) is 0.648. The molecule has 1 aromatic carbocycles. The summed E-state index contributed by atoms with van der Waals surface area (Å²) in [6, 6.07) is 9.18. The third kappa shape index (κ3) is 5.95. The molecule has 5 nitrogen and oxygen atoms in total. The number of nitrogens with one attached hydrogen (secondary N) is 1. The highest BCUT2D eigenvalue weighted by Crippen LogP contribution is 2.41. The Morgan fingerprint density at radius 1 is 1.12 bits per heavy atom. The SMILES string of the molecule is CCCC(CCOCC)c1nc(-c2ccccc2F)c(-c2ccnc(NC3CCCC3)n2)s1. The molecule has 1 aliphatic carbocycles. The minimum Gasteiger partial charge on any atom is -0.382 e. The predicted molar refractivity (Wildman–Crippen MR) is 133 cm³/mol. The molecule has 176 valence electrons. The van der Waals surface area contributed by atoms with Gasteiger partial charge < -0.3 is 10.1 Å². The van der Waals surface area contributed by atoms with E-state index in [0.29, 0.717) is 36.5 Å². The van der Waals surface area contributed by atoms with Gasteiger partial charge in [0.1, 0.15) is 5.82 Å². The van der Waals surface area contributed by atoms with Crippen LogP contribution in [0.5, 0.6) is 0 Å². The quantitative estimate of drug-likeness (QED) is 0.305. The van der Waals surface area contributed by atoms with Crippen molar-refractivity contribution in [3.05, 3.63) is 47.4 Å². The second kappa shape index (κ2) is 11.7. The minimum atomic E-state index is -0.268. The Morgan fingerprint density at radius 2 is 1.94 bits per heavy atom. The van der Waals surface area contributed by atoms with Gasteiger partial charge >= 0.3 is 0 Å². The largest absolute Gasteiger partial charge is 0.382 e. The molecule has 1 fully saturated rings. The molecule has 0 amide bonds. The lowest BCUT2D eigenvalue weighted by molar-refractivity contribution is 0.138. The molecule has 1 unspecified atom stereocenters. The number of anilines is 1. The van der Waals surface area contributed by atoms with Crippen molar-refractivity contribution in [3.8, 4) is 21.8 Å². The zero-order valence-electron chi connectivity index (χ0n) is 19.5. The van der Waals surface area contributed by atoms with Gasteiger partial charge in [-0.15, -0.1) is 11.3 Å². The highest BCUT2D eigenvalue weighted by molar-refractivity contribution is 7.15. The highest BCUT2D eigenvalue weighted by Gasteiger charge is 2.24. The minimum absolute atomic E-state index is 0.268. The van der Waals surface area contributed by atoms with Crippen LogP contribution in [-0.2, 0) is 4.74 Å². The molecule has 1 atom stereocenters. The molecule has 2 aromatic heterocycles. The fraction of sp³-hybridized carbons (Fsp3) is 0.500. The van der Waals surface area contributed by atoms with E-state index in [1.165, 1.54) is 18.9 Å². The topological polar surface area (TPSA) is 59.9 Å². The maximum atomic E-state index is 14.8. The molecule has 33 heavy (non-hydrogen) atoms. The van der Waals surface area contributed by atoms with Crippen LogP contribution in [0.1, 0.15) is 69.7 Å². The molecule has 0 saturated heterocycles. The van der Waals surface area contributed by atoms with Crippen LogP contribution >= 0.6 is 11.3 Å². The van der Waals surface area contributed by atoms with Crippen LogP contribution in [0.25, 0.3) is 21.8 Å². The molecular weight excluding hydrogens is 435 g/mol. The molecule has 4 rings (SSSR count). The number of nitrogens with zero attached hydrogens (tertiary/aromatic N) is 3. The number of benzene rings is 1. The van der Waals surface area contributed by atoms with E-state index >= 15 is 0 Å². The van der Waals surface area contributed by atoms with Crippen molar-refractivity contribution in [2.45, 2.75) is 70.8 Å². The average molecular weight is 469 g/mol. The van der Waals surface area contributed by atoms with E-state index in [-0.39, 0.29) is 11.7 Å². The van der Waals surface area contributed by atoms with E-state index in [4.69, 9.17) is 14.7 Å². The monoisotopic (exact) mass is 468 g/mol.